The van der Waals surface area contributed by atoms with Crippen molar-refractivity contribution >= 4 is 15.9 Å². The molecule has 1 aromatic rings. The highest BCUT2D eigenvalue weighted by Crippen LogP contribution is 2.39. The van der Waals surface area contributed by atoms with Crippen LogP contribution < -0.4 is 5.56 Å². The van der Waals surface area contributed by atoms with E-state index in [-0.39, 0.29) is 11.2 Å². The van der Waals surface area contributed by atoms with Gasteiger partial charge in [0, 0.05) is 7.11 Å². The van der Waals surface area contributed by atoms with Gasteiger partial charge in [-0.05, 0) is 48.5 Å². The number of aromatic amines is 1. The number of ether oxygens (including phenoxy) is 1. The summed E-state index contributed by atoms with van der Waals surface area (Å²) in [7, 11) is 1.68. The molecule has 0 atom stereocenters. The molecule has 0 saturated heterocycles. The maximum Gasteiger partial charge on any atom is 0.265 e. The minimum atomic E-state index is -0.384. The summed E-state index contributed by atoms with van der Waals surface area (Å²) in [6, 6.07) is 0. The highest BCUT2D eigenvalue weighted by Gasteiger charge is 2.38. The minimum absolute atomic E-state index is 0.133. The first kappa shape index (κ1) is 11.8. The molecule has 0 amide bonds. The van der Waals surface area contributed by atoms with Gasteiger partial charge in [0.2, 0.25) is 0 Å². The molecule has 88 valence electrons. The van der Waals surface area contributed by atoms with E-state index in [1.165, 1.54) is 0 Å². The van der Waals surface area contributed by atoms with Gasteiger partial charge in [-0.25, -0.2) is 4.98 Å². The zero-order valence-corrected chi connectivity index (χ0v) is 11.1. The molecule has 4 nitrogen and oxygen atoms in total. The van der Waals surface area contributed by atoms with Gasteiger partial charge >= 0.3 is 0 Å². The molecule has 1 aromatic heterocycles. The number of nitrogens with zero attached hydrogens (tertiary/aromatic N) is 1. The van der Waals surface area contributed by atoms with E-state index in [0.29, 0.717) is 16.0 Å². The summed E-state index contributed by atoms with van der Waals surface area (Å²) in [4.78, 5) is 18.9. The van der Waals surface area contributed by atoms with E-state index in [2.05, 4.69) is 25.9 Å². The molecule has 0 aromatic carbocycles. The van der Waals surface area contributed by atoms with Crippen LogP contribution in [0, 0.1) is 6.92 Å². The Morgan fingerprint density at radius 1 is 1.44 bits per heavy atom. The summed E-state index contributed by atoms with van der Waals surface area (Å²) >= 11 is 3.21. The second-order valence-electron chi connectivity index (χ2n) is 4.22. The molecule has 0 radical (unpaired) electrons. The highest BCUT2D eigenvalue weighted by atomic mass is 79.9. The Labute approximate surface area is 103 Å². The molecule has 1 fully saturated rings. The number of hydrogen-bond acceptors (Lipinski definition) is 3. The molecule has 1 heterocycles. The molecular formula is C11H15BrN2O2. The van der Waals surface area contributed by atoms with Crippen LogP contribution in [0.15, 0.2) is 9.27 Å². The van der Waals surface area contributed by atoms with Crippen LogP contribution in [0.4, 0.5) is 0 Å². The average molecular weight is 287 g/mol. The number of halogens is 1. The van der Waals surface area contributed by atoms with Crippen molar-refractivity contribution in [1.29, 1.82) is 0 Å². The van der Waals surface area contributed by atoms with E-state index in [1.54, 1.807) is 7.11 Å². The number of H-pyrrole nitrogens is 1. The molecule has 0 bridgehead atoms. The van der Waals surface area contributed by atoms with Crippen molar-refractivity contribution in [2.24, 2.45) is 0 Å². The molecule has 1 saturated carbocycles. The van der Waals surface area contributed by atoms with E-state index >= 15 is 0 Å². The number of aromatic nitrogens is 2. The van der Waals surface area contributed by atoms with E-state index in [4.69, 9.17) is 4.74 Å². The van der Waals surface area contributed by atoms with Crippen LogP contribution in [0.3, 0.4) is 0 Å². The van der Waals surface area contributed by atoms with E-state index < -0.39 is 0 Å². The van der Waals surface area contributed by atoms with Crippen molar-refractivity contribution in [3.63, 3.8) is 0 Å². The molecule has 0 unspecified atom stereocenters. The summed E-state index contributed by atoms with van der Waals surface area (Å²) in [5.74, 6) is 0.665. The predicted octanol–water partition coefficient (Wildman–Crippen LogP) is 2.26. The first-order chi connectivity index (χ1) is 7.59. The molecule has 2 rings (SSSR count). The largest absolute Gasteiger partial charge is 0.370 e. The van der Waals surface area contributed by atoms with Crippen molar-refractivity contribution in [2.75, 3.05) is 7.11 Å². The predicted molar refractivity (Wildman–Crippen MR) is 64.4 cm³/mol. The fourth-order valence-electron chi connectivity index (χ4n) is 2.27. The van der Waals surface area contributed by atoms with Crippen LogP contribution in [0.25, 0.3) is 0 Å². The number of methoxy groups -OCH3 is 1. The van der Waals surface area contributed by atoms with Crippen molar-refractivity contribution < 1.29 is 4.74 Å². The molecule has 1 N–H and O–H groups in total. The Bertz CT molecular complexity index is 450. The van der Waals surface area contributed by atoms with Crippen LogP contribution in [0.2, 0.25) is 0 Å². The third kappa shape index (κ3) is 1.82. The quantitative estimate of drug-likeness (QED) is 0.907. The van der Waals surface area contributed by atoms with Crippen molar-refractivity contribution in [1.82, 2.24) is 9.97 Å². The Morgan fingerprint density at radius 2 is 2.06 bits per heavy atom. The first-order valence-corrected chi connectivity index (χ1v) is 6.20. The summed E-state index contributed by atoms with van der Waals surface area (Å²) in [6.07, 6.45) is 4.08. The number of nitrogens with one attached hydrogen (secondary N) is 1. The summed E-state index contributed by atoms with van der Waals surface area (Å²) < 4.78 is 6.09. The van der Waals surface area contributed by atoms with Crippen molar-refractivity contribution in [3.05, 3.63) is 26.3 Å². The first-order valence-electron chi connectivity index (χ1n) is 5.41. The number of rotatable bonds is 2. The van der Waals surface area contributed by atoms with Crippen LogP contribution in [-0.4, -0.2) is 17.1 Å². The molecule has 1 aliphatic carbocycles. The second-order valence-corrected chi connectivity index (χ2v) is 5.01. The third-order valence-corrected chi connectivity index (χ3v) is 4.20. The summed E-state index contributed by atoms with van der Waals surface area (Å²) in [5, 5.41) is 0. The van der Waals surface area contributed by atoms with Crippen LogP contribution in [0.5, 0.6) is 0 Å². The smallest absolute Gasteiger partial charge is 0.265 e. The monoisotopic (exact) mass is 286 g/mol. The van der Waals surface area contributed by atoms with Gasteiger partial charge in [0.25, 0.3) is 5.56 Å². The normalized spacial score (nSPS) is 18.9. The number of hydrogen-bond donors (Lipinski definition) is 1. The van der Waals surface area contributed by atoms with E-state index in [1.807, 2.05) is 6.92 Å². The maximum absolute atomic E-state index is 11.7. The SMILES string of the molecule is COC1(c2nc(C)c(Br)c(=O)[nH]2)CCCC1. The fraction of sp³-hybridized carbons (Fsp3) is 0.636. The van der Waals surface area contributed by atoms with Crippen LogP contribution >= 0.6 is 15.9 Å². The Kier molecular flexibility index (Phi) is 3.17. The van der Waals surface area contributed by atoms with Gasteiger partial charge in [-0.2, -0.15) is 0 Å². The molecule has 0 aliphatic heterocycles. The Balaban J connectivity index is 2.51. The minimum Gasteiger partial charge on any atom is -0.370 e. The van der Waals surface area contributed by atoms with Gasteiger partial charge < -0.3 is 9.72 Å². The Morgan fingerprint density at radius 3 is 2.56 bits per heavy atom. The lowest BCUT2D eigenvalue weighted by atomic mass is 10.0. The van der Waals surface area contributed by atoms with Crippen LogP contribution in [-0.2, 0) is 10.3 Å². The summed E-state index contributed by atoms with van der Waals surface area (Å²) in [6.45, 7) is 1.82. The van der Waals surface area contributed by atoms with E-state index in [9.17, 15) is 4.79 Å². The molecule has 1 aliphatic rings. The van der Waals surface area contributed by atoms with Gasteiger partial charge in [0.1, 0.15) is 15.9 Å². The molecule has 0 spiro atoms. The second kappa shape index (κ2) is 4.30. The third-order valence-electron chi connectivity index (χ3n) is 3.26. The zero-order valence-electron chi connectivity index (χ0n) is 9.47. The lowest BCUT2D eigenvalue weighted by molar-refractivity contribution is -0.0166. The maximum atomic E-state index is 11.7. The molecule has 16 heavy (non-hydrogen) atoms. The number of aryl methyl sites for hydroxylation is 1. The highest BCUT2D eigenvalue weighted by molar-refractivity contribution is 9.10. The summed E-state index contributed by atoms with van der Waals surface area (Å²) in [5.41, 5.74) is 0.192. The van der Waals surface area contributed by atoms with Gasteiger partial charge in [-0.3, -0.25) is 4.79 Å². The fourth-order valence-corrected chi connectivity index (χ4v) is 2.46. The van der Waals surface area contributed by atoms with Gasteiger partial charge in [0.15, 0.2) is 0 Å². The Hall–Kier alpha value is -0.680. The van der Waals surface area contributed by atoms with Crippen molar-refractivity contribution in [3.8, 4) is 0 Å². The van der Waals surface area contributed by atoms with Gasteiger partial charge in [-0.15, -0.1) is 0 Å². The molecule has 5 heteroatoms. The van der Waals surface area contributed by atoms with Crippen LogP contribution in [0.1, 0.15) is 37.2 Å². The lowest BCUT2D eigenvalue weighted by Crippen LogP contribution is -2.30. The topological polar surface area (TPSA) is 55.0 Å². The van der Waals surface area contributed by atoms with E-state index in [0.717, 1.165) is 25.7 Å². The van der Waals surface area contributed by atoms with Gasteiger partial charge in [-0.1, -0.05) is 0 Å². The zero-order chi connectivity index (χ0) is 11.8. The average Bonchev–Trinajstić information content (AvgIpc) is 2.75. The molecular weight excluding hydrogens is 272 g/mol. The van der Waals surface area contributed by atoms with Gasteiger partial charge in [0.05, 0.1) is 5.69 Å². The lowest BCUT2D eigenvalue weighted by Gasteiger charge is -2.26. The van der Waals surface area contributed by atoms with Crippen molar-refractivity contribution in [2.45, 2.75) is 38.2 Å². The standard InChI is InChI=1S/C11H15BrN2O2/c1-7-8(12)9(15)14-10(13-7)11(16-2)5-3-4-6-11/h3-6H2,1-2H3,(H,13,14,15).